The monoisotopic (exact) mass is 374 g/mol. The Hall–Kier alpha value is -3.60. The summed E-state index contributed by atoms with van der Waals surface area (Å²) in [6, 6.07) is 21.1. The number of nitrogens with zero attached hydrogens (tertiary/aromatic N) is 2. The molecule has 0 fully saturated rings. The average molecular weight is 374 g/mol. The number of carbonyl (C=O) groups is 1. The SMILES string of the molecule is O=C(c1ccc(F)cc1)c1ncc(-c2ccc(F)cc2)n1Cc1ccccc1. The number of hydrogen-bond donors (Lipinski definition) is 0. The first kappa shape index (κ1) is 17.8. The first-order valence-corrected chi connectivity index (χ1v) is 8.77. The lowest BCUT2D eigenvalue weighted by Gasteiger charge is -2.12. The van der Waals surface area contributed by atoms with Crippen molar-refractivity contribution in [3.63, 3.8) is 0 Å². The lowest BCUT2D eigenvalue weighted by molar-refractivity contribution is 0.102. The second kappa shape index (κ2) is 7.56. The molecule has 0 amide bonds. The van der Waals surface area contributed by atoms with E-state index in [9.17, 15) is 13.6 Å². The summed E-state index contributed by atoms with van der Waals surface area (Å²) in [5.41, 5.74) is 2.81. The molecular formula is C23H16F2N2O. The van der Waals surface area contributed by atoms with Crippen LogP contribution >= 0.6 is 0 Å². The molecule has 0 saturated carbocycles. The molecule has 0 aliphatic carbocycles. The van der Waals surface area contributed by atoms with Crippen molar-refractivity contribution in [2.75, 3.05) is 0 Å². The van der Waals surface area contributed by atoms with Crippen molar-refractivity contribution in [3.05, 3.63) is 114 Å². The highest BCUT2D eigenvalue weighted by atomic mass is 19.1. The van der Waals surface area contributed by atoms with Crippen LogP contribution in [0, 0.1) is 11.6 Å². The summed E-state index contributed by atoms with van der Waals surface area (Å²) in [6.45, 7) is 0.426. The third-order valence-electron chi connectivity index (χ3n) is 4.49. The Kier molecular flexibility index (Phi) is 4.81. The predicted octanol–water partition coefficient (Wildman–Crippen LogP) is 5.11. The molecule has 4 aromatic rings. The molecule has 138 valence electrons. The maximum absolute atomic E-state index is 13.3. The highest BCUT2D eigenvalue weighted by molar-refractivity contribution is 6.07. The van der Waals surface area contributed by atoms with Crippen LogP contribution in [0.1, 0.15) is 21.7 Å². The fourth-order valence-corrected chi connectivity index (χ4v) is 3.06. The van der Waals surface area contributed by atoms with Gasteiger partial charge in [0.05, 0.1) is 11.9 Å². The number of halogens is 2. The van der Waals surface area contributed by atoms with Gasteiger partial charge in [0, 0.05) is 12.1 Å². The van der Waals surface area contributed by atoms with Gasteiger partial charge >= 0.3 is 0 Å². The van der Waals surface area contributed by atoms with Gasteiger partial charge in [-0.2, -0.15) is 0 Å². The third kappa shape index (κ3) is 3.60. The second-order valence-corrected chi connectivity index (χ2v) is 6.38. The normalized spacial score (nSPS) is 10.8. The lowest BCUT2D eigenvalue weighted by Crippen LogP contribution is -2.13. The van der Waals surface area contributed by atoms with Gasteiger partial charge in [-0.1, -0.05) is 30.3 Å². The van der Waals surface area contributed by atoms with Gasteiger partial charge in [-0.05, 0) is 59.7 Å². The van der Waals surface area contributed by atoms with Gasteiger partial charge in [-0.3, -0.25) is 4.79 Å². The molecule has 0 saturated heterocycles. The van der Waals surface area contributed by atoms with Crippen LogP contribution in [0.15, 0.2) is 85.1 Å². The van der Waals surface area contributed by atoms with Crippen LogP contribution in [-0.4, -0.2) is 15.3 Å². The largest absolute Gasteiger partial charge is 0.317 e. The molecule has 1 aromatic heterocycles. The van der Waals surface area contributed by atoms with E-state index in [0.29, 0.717) is 17.8 Å². The van der Waals surface area contributed by atoms with Gasteiger partial charge in [-0.15, -0.1) is 0 Å². The fraction of sp³-hybridized carbons (Fsp3) is 0.0435. The van der Waals surface area contributed by atoms with Crippen LogP contribution in [0.3, 0.4) is 0 Å². The first-order chi connectivity index (χ1) is 13.6. The van der Waals surface area contributed by atoms with Gasteiger partial charge < -0.3 is 4.57 Å². The van der Waals surface area contributed by atoms with E-state index in [0.717, 1.165) is 11.1 Å². The Bertz CT molecular complexity index is 1100. The van der Waals surface area contributed by atoms with E-state index in [-0.39, 0.29) is 17.4 Å². The minimum absolute atomic E-state index is 0.245. The van der Waals surface area contributed by atoms with Crippen LogP contribution < -0.4 is 0 Å². The summed E-state index contributed by atoms with van der Waals surface area (Å²) in [4.78, 5) is 17.3. The standard InChI is InChI=1S/C23H16F2N2O/c24-19-10-6-17(7-11-19)21-14-26-23(22(28)18-8-12-20(25)13-9-18)27(21)15-16-4-2-1-3-5-16/h1-14H,15H2. The summed E-state index contributed by atoms with van der Waals surface area (Å²) in [5.74, 6) is -0.796. The van der Waals surface area contributed by atoms with Crippen molar-refractivity contribution in [3.8, 4) is 11.3 Å². The highest BCUT2D eigenvalue weighted by Gasteiger charge is 2.20. The summed E-state index contributed by atoms with van der Waals surface area (Å²) in [7, 11) is 0. The zero-order valence-corrected chi connectivity index (χ0v) is 14.8. The van der Waals surface area contributed by atoms with Crippen molar-refractivity contribution >= 4 is 5.78 Å². The number of rotatable bonds is 5. The van der Waals surface area contributed by atoms with E-state index in [2.05, 4.69) is 4.98 Å². The molecule has 0 spiro atoms. The van der Waals surface area contributed by atoms with Crippen molar-refractivity contribution in [1.82, 2.24) is 9.55 Å². The molecule has 3 nitrogen and oxygen atoms in total. The molecule has 0 N–H and O–H groups in total. The predicted molar refractivity (Wildman–Crippen MR) is 103 cm³/mol. The topological polar surface area (TPSA) is 34.9 Å². The average Bonchev–Trinajstić information content (AvgIpc) is 3.13. The molecule has 0 aliphatic rings. The quantitative estimate of drug-likeness (QED) is 0.455. The molecule has 4 rings (SSSR count). The Morgan fingerprint density at radius 1 is 0.821 bits per heavy atom. The van der Waals surface area contributed by atoms with Gasteiger partial charge in [-0.25, -0.2) is 13.8 Å². The zero-order valence-electron chi connectivity index (χ0n) is 14.8. The smallest absolute Gasteiger partial charge is 0.228 e. The molecule has 0 aliphatic heterocycles. The number of ketones is 1. The molecule has 0 radical (unpaired) electrons. The summed E-state index contributed by atoms with van der Waals surface area (Å²) >= 11 is 0. The number of hydrogen-bond acceptors (Lipinski definition) is 2. The minimum atomic E-state index is -0.406. The fourth-order valence-electron chi connectivity index (χ4n) is 3.06. The van der Waals surface area contributed by atoms with Gasteiger partial charge in [0.15, 0.2) is 5.82 Å². The Morgan fingerprint density at radius 2 is 1.43 bits per heavy atom. The molecule has 0 bridgehead atoms. The van der Waals surface area contributed by atoms with Crippen molar-refractivity contribution < 1.29 is 13.6 Å². The molecule has 1 heterocycles. The zero-order chi connectivity index (χ0) is 19.5. The lowest BCUT2D eigenvalue weighted by atomic mass is 10.1. The maximum Gasteiger partial charge on any atom is 0.228 e. The number of aromatic nitrogens is 2. The van der Waals surface area contributed by atoms with Crippen LogP contribution in [0.4, 0.5) is 8.78 Å². The molecule has 0 atom stereocenters. The van der Waals surface area contributed by atoms with Crippen LogP contribution in [0.2, 0.25) is 0 Å². The molecule has 0 unspecified atom stereocenters. The van der Waals surface area contributed by atoms with Crippen LogP contribution in [0.25, 0.3) is 11.3 Å². The molecular weight excluding hydrogens is 358 g/mol. The van der Waals surface area contributed by atoms with Gasteiger partial charge in [0.2, 0.25) is 5.78 Å². The van der Waals surface area contributed by atoms with Crippen molar-refractivity contribution in [2.45, 2.75) is 6.54 Å². The van der Waals surface area contributed by atoms with E-state index >= 15 is 0 Å². The van der Waals surface area contributed by atoms with Crippen LogP contribution in [0.5, 0.6) is 0 Å². The van der Waals surface area contributed by atoms with Gasteiger partial charge in [0.25, 0.3) is 0 Å². The van der Waals surface area contributed by atoms with E-state index in [4.69, 9.17) is 0 Å². The first-order valence-electron chi connectivity index (χ1n) is 8.77. The van der Waals surface area contributed by atoms with E-state index in [1.165, 1.54) is 36.4 Å². The Balaban J connectivity index is 1.80. The second-order valence-electron chi connectivity index (χ2n) is 6.38. The number of benzene rings is 3. The summed E-state index contributed by atoms with van der Waals surface area (Å²) in [6.07, 6.45) is 1.60. The third-order valence-corrected chi connectivity index (χ3v) is 4.49. The molecule has 5 heteroatoms. The number of carbonyl (C=O) groups excluding carboxylic acids is 1. The van der Waals surface area contributed by atoms with Gasteiger partial charge in [0.1, 0.15) is 11.6 Å². The van der Waals surface area contributed by atoms with Crippen LogP contribution in [-0.2, 0) is 6.54 Å². The van der Waals surface area contributed by atoms with E-state index in [1.54, 1.807) is 22.9 Å². The van der Waals surface area contributed by atoms with Crippen molar-refractivity contribution in [1.29, 1.82) is 0 Å². The number of imidazole rings is 1. The van der Waals surface area contributed by atoms with E-state index < -0.39 is 5.82 Å². The Morgan fingerprint density at radius 3 is 2.07 bits per heavy atom. The summed E-state index contributed by atoms with van der Waals surface area (Å²) < 4.78 is 28.3. The molecule has 28 heavy (non-hydrogen) atoms. The minimum Gasteiger partial charge on any atom is -0.317 e. The highest BCUT2D eigenvalue weighted by Crippen LogP contribution is 2.24. The molecule has 3 aromatic carbocycles. The van der Waals surface area contributed by atoms with Crippen molar-refractivity contribution in [2.24, 2.45) is 0 Å². The Labute approximate surface area is 160 Å². The van der Waals surface area contributed by atoms with E-state index in [1.807, 2.05) is 30.3 Å². The summed E-state index contributed by atoms with van der Waals surface area (Å²) in [5, 5.41) is 0. The maximum atomic E-state index is 13.3.